The molecule has 0 saturated carbocycles. The molecule has 0 aromatic heterocycles. The number of nitrogens with one attached hydrogen (secondary N) is 1. The third-order valence-electron chi connectivity index (χ3n) is 3.50. The molecule has 140 valence electrons. The lowest BCUT2D eigenvalue weighted by Crippen LogP contribution is -2.28. The molecule has 1 amide bonds. The smallest absolute Gasteiger partial charge is 0.387 e. The van der Waals surface area contributed by atoms with Crippen molar-refractivity contribution >= 4 is 5.91 Å². The predicted molar refractivity (Wildman–Crippen MR) is 92.9 cm³/mol. The Balaban J connectivity index is 1.88. The van der Waals surface area contributed by atoms with Crippen LogP contribution in [0.4, 0.5) is 8.78 Å². The summed E-state index contributed by atoms with van der Waals surface area (Å²) in [6, 6.07) is 10.2. The van der Waals surface area contributed by atoms with Crippen molar-refractivity contribution in [3.05, 3.63) is 53.1 Å². The number of aryl methyl sites for hydroxylation is 2. The van der Waals surface area contributed by atoms with Crippen molar-refractivity contribution in [2.24, 2.45) is 0 Å². The number of methoxy groups -OCH3 is 1. The zero-order valence-electron chi connectivity index (χ0n) is 14.8. The Morgan fingerprint density at radius 3 is 2.38 bits per heavy atom. The summed E-state index contributed by atoms with van der Waals surface area (Å²) in [6.07, 6.45) is 0. The summed E-state index contributed by atoms with van der Waals surface area (Å²) in [4.78, 5) is 11.9. The molecule has 1 N–H and O–H groups in total. The van der Waals surface area contributed by atoms with Crippen molar-refractivity contribution < 1.29 is 27.8 Å². The molecule has 0 fully saturated rings. The van der Waals surface area contributed by atoms with E-state index in [0.29, 0.717) is 11.3 Å². The van der Waals surface area contributed by atoms with Gasteiger partial charge in [-0.25, -0.2) is 0 Å². The number of amides is 1. The molecule has 2 aromatic rings. The molecule has 0 radical (unpaired) electrons. The molecule has 0 unspecified atom stereocenters. The Labute approximate surface area is 150 Å². The third kappa shape index (κ3) is 5.91. The summed E-state index contributed by atoms with van der Waals surface area (Å²) in [5, 5.41) is 2.70. The Kier molecular flexibility index (Phi) is 6.77. The second kappa shape index (κ2) is 9.03. The van der Waals surface area contributed by atoms with Crippen LogP contribution < -0.4 is 19.5 Å². The predicted octanol–water partition coefficient (Wildman–Crippen LogP) is 3.61. The van der Waals surface area contributed by atoms with Crippen molar-refractivity contribution in [2.75, 3.05) is 13.7 Å². The molecule has 2 aromatic carbocycles. The molecule has 26 heavy (non-hydrogen) atoms. The van der Waals surface area contributed by atoms with E-state index in [1.54, 1.807) is 6.07 Å². The Bertz CT molecular complexity index is 745. The van der Waals surface area contributed by atoms with Gasteiger partial charge >= 0.3 is 6.61 Å². The molecule has 2 rings (SSSR count). The van der Waals surface area contributed by atoms with E-state index in [2.05, 4.69) is 10.1 Å². The first-order valence-corrected chi connectivity index (χ1v) is 7.97. The summed E-state index contributed by atoms with van der Waals surface area (Å²) in [7, 11) is 1.35. The topological polar surface area (TPSA) is 56.8 Å². The van der Waals surface area contributed by atoms with Gasteiger partial charge in [-0.3, -0.25) is 4.79 Å². The van der Waals surface area contributed by atoms with Crippen LogP contribution in [0.15, 0.2) is 36.4 Å². The van der Waals surface area contributed by atoms with Crippen LogP contribution >= 0.6 is 0 Å². The normalized spacial score (nSPS) is 10.5. The fraction of sp³-hybridized carbons (Fsp3) is 0.316. The van der Waals surface area contributed by atoms with E-state index in [9.17, 15) is 13.6 Å². The molecule has 0 atom stereocenters. The van der Waals surface area contributed by atoms with Gasteiger partial charge in [0.15, 0.2) is 18.1 Å². The highest BCUT2D eigenvalue weighted by Crippen LogP contribution is 2.29. The van der Waals surface area contributed by atoms with Crippen molar-refractivity contribution in [3.63, 3.8) is 0 Å². The van der Waals surface area contributed by atoms with Gasteiger partial charge in [-0.1, -0.05) is 12.1 Å². The zero-order valence-corrected chi connectivity index (χ0v) is 14.8. The minimum Gasteiger partial charge on any atom is -0.493 e. The SMILES string of the molecule is COc1cc(CNC(=O)COc2cc(C)cc(C)c2)ccc1OC(F)F. The number of hydrogen-bond donors (Lipinski definition) is 1. The maximum absolute atomic E-state index is 12.3. The summed E-state index contributed by atoms with van der Waals surface area (Å²) in [5.74, 6) is 0.447. The van der Waals surface area contributed by atoms with Gasteiger partial charge in [0, 0.05) is 6.54 Å². The average Bonchev–Trinajstić information content (AvgIpc) is 2.57. The van der Waals surface area contributed by atoms with E-state index < -0.39 is 6.61 Å². The summed E-state index contributed by atoms with van der Waals surface area (Å²) in [5.41, 5.74) is 2.79. The molecule has 7 heteroatoms. The number of hydrogen-bond acceptors (Lipinski definition) is 4. The van der Waals surface area contributed by atoms with Gasteiger partial charge in [-0.2, -0.15) is 8.78 Å². The molecule has 5 nitrogen and oxygen atoms in total. The highest BCUT2D eigenvalue weighted by Gasteiger charge is 2.11. The Morgan fingerprint density at radius 1 is 1.08 bits per heavy atom. The van der Waals surface area contributed by atoms with Gasteiger partial charge in [-0.15, -0.1) is 0 Å². The van der Waals surface area contributed by atoms with Crippen LogP contribution in [-0.4, -0.2) is 26.2 Å². The highest BCUT2D eigenvalue weighted by molar-refractivity contribution is 5.77. The number of carbonyl (C=O) groups is 1. The summed E-state index contributed by atoms with van der Waals surface area (Å²) >= 11 is 0. The van der Waals surface area contributed by atoms with Gasteiger partial charge in [0.1, 0.15) is 5.75 Å². The molecule has 0 aliphatic rings. The molecular weight excluding hydrogens is 344 g/mol. The van der Waals surface area contributed by atoms with E-state index in [0.717, 1.165) is 11.1 Å². The first kappa shape index (κ1) is 19.5. The Morgan fingerprint density at radius 2 is 1.77 bits per heavy atom. The van der Waals surface area contributed by atoms with Crippen LogP contribution in [0.3, 0.4) is 0 Å². The minimum atomic E-state index is -2.93. The molecule has 0 aliphatic heterocycles. The van der Waals surface area contributed by atoms with E-state index in [1.165, 1.54) is 19.2 Å². The minimum absolute atomic E-state index is 0.0595. The van der Waals surface area contributed by atoms with Crippen LogP contribution in [0.2, 0.25) is 0 Å². The van der Waals surface area contributed by atoms with E-state index in [1.807, 2.05) is 32.0 Å². The van der Waals surface area contributed by atoms with Gasteiger partial charge in [0.05, 0.1) is 7.11 Å². The Hall–Kier alpha value is -2.83. The van der Waals surface area contributed by atoms with Gasteiger partial charge in [0.2, 0.25) is 0 Å². The summed E-state index contributed by atoms with van der Waals surface area (Å²) < 4.78 is 39.5. The van der Waals surface area contributed by atoms with Crippen LogP contribution in [-0.2, 0) is 11.3 Å². The van der Waals surface area contributed by atoms with E-state index >= 15 is 0 Å². The monoisotopic (exact) mass is 365 g/mol. The fourth-order valence-corrected chi connectivity index (χ4v) is 2.43. The third-order valence-corrected chi connectivity index (χ3v) is 3.50. The second-order valence-electron chi connectivity index (χ2n) is 5.75. The van der Waals surface area contributed by atoms with Crippen molar-refractivity contribution in [1.82, 2.24) is 5.32 Å². The molecule has 0 bridgehead atoms. The van der Waals surface area contributed by atoms with Crippen molar-refractivity contribution in [2.45, 2.75) is 27.0 Å². The van der Waals surface area contributed by atoms with Crippen LogP contribution in [0, 0.1) is 13.8 Å². The van der Waals surface area contributed by atoms with E-state index in [-0.39, 0.29) is 30.6 Å². The number of rotatable bonds is 8. The van der Waals surface area contributed by atoms with Crippen molar-refractivity contribution in [1.29, 1.82) is 0 Å². The largest absolute Gasteiger partial charge is 0.493 e. The molecule has 0 aliphatic carbocycles. The summed E-state index contributed by atoms with van der Waals surface area (Å²) in [6.45, 7) is 1.06. The molecule has 0 heterocycles. The van der Waals surface area contributed by atoms with Crippen LogP contribution in [0.25, 0.3) is 0 Å². The first-order chi connectivity index (χ1) is 12.4. The number of benzene rings is 2. The van der Waals surface area contributed by atoms with Crippen LogP contribution in [0.5, 0.6) is 17.2 Å². The number of carbonyl (C=O) groups excluding carboxylic acids is 1. The van der Waals surface area contributed by atoms with Gasteiger partial charge in [-0.05, 0) is 54.8 Å². The van der Waals surface area contributed by atoms with E-state index in [4.69, 9.17) is 9.47 Å². The zero-order chi connectivity index (χ0) is 19.1. The van der Waals surface area contributed by atoms with Gasteiger partial charge in [0.25, 0.3) is 5.91 Å². The lowest BCUT2D eigenvalue weighted by atomic mass is 10.1. The molecule has 0 spiro atoms. The maximum Gasteiger partial charge on any atom is 0.387 e. The quantitative estimate of drug-likeness (QED) is 0.776. The molecule has 0 saturated heterocycles. The lowest BCUT2D eigenvalue weighted by Gasteiger charge is -2.12. The van der Waals surface area contributed by atoms with Crippen LogP contribution in [0.1, 0.15) is 16.7 Å². The lowest BCUT2D eigenvalue weighted by molar-refractivity contribution is -0.123. The molecular formula is C19H21F2NO4. The first-order valence-electron chi connectivity index (χ1n) is 7.97. The number of ether oxygens (including phenoxy) is 3. The van der Waals surface area contributed by atoms with Gasteiger partial charge < -0.3 is 19.5 Å². The standard InChI is InChI=1S/C19H21F2NO4/c1-12-6-13(2)8-15(7-12)25-11-18(23)22-10-14-4-5-16(26-19(20)21)17(9-14)24-3/h4-9,19H,10-11H2,1-3H3,(H,22,23). The number of halogens is 2. The highest BCUT2D eigenvalue weighted by atomic mass is 19.3. The fourth-order valence-electron chi connectivity index (χ4n) is 2.43. The maximum atomic E-state index is 12.3. The number of alkyl halides is 2. The average molecular weight is 365 g/mol. The second-order valence-corrected chi connectivity index (χ2v) is 5.75. The van der Waals surface area contributed by atoms with Crippen molar-refractivity contribution in [3.8, 4) is 17.2 Å².